The molecule has 25 heavy (non-hydrogen) atoms. The molecule has 6 heteroatoms. The first kappa shape index (κ1) is 17.3. The number of aromatic hydroxyl groups is 1. The Kier molecular flexibility index (Phi) is 4.21. The zero-order chi connectivity index (χ0) is 18.4. The van der Waals surface area contributed by atoms with E-state index in [4.69, 9.17) is 11.6 Å². The number of fused-ring (bicyclic) bond motifs is 1. The molecule has 5 nitrogen and oxygen atoms in total. The molecule has 2 aromatic rings. The first-order valence-electron chi connectivity index (χ1n) is 7.93. The predicted octanol–water partition coefficient (Wildman–Crippen LogP) is 4.23. The van der Waals surface area contributed by atoms with Gasteiger partial charge < -0.3 is 15.7 Å². The van der Waals surface area contributed by atoms with Crippen LogP contribution in [0.25, 0.3) is 0 Å². The summed E-state index contributed by atoms with van der Waals surface area (Å²) in [6.45, 7) is 5.55. The van der Waals surface area contributed by atoms with Gasteiger partial charge in [-0.3, -0.25) is 9.59 Å². The Morgan fingerprint density at radius 1 is 1.32 bits per heavy atom. The fraction of sp³-hybridized carbons (Fsp3) is 0.263. The van der Waals surface area contributed by atoms with Crippen LogP contribution in [0, 0.1) is 6.92 Å². The average molecular weight is 359 g/mol. The Labute approximate surface area is 151 Å². The topological polar surface area (TPSA) is 78.4 Å². The Bertz CT molecular complexity index is 890. The summed E-state index contributed by atoms with van der Waals surface area (Å²) in [5.74, 6) is -0.566. The fourth-order valence-electron chi connectivity index (χ4n) is 3.21. The summed E-state index contributed by atoms with van der Waals surface area (Å²) in [7, 11) is 0. The fourth-order valence-corrected chi connectivity index (χ4v) is 3.46. The van der Waals surface area contributed by atoms with Gasteiger partial charge in [0.1, 0.15) is 5.75 Å². The molecule has 1 aliphatic rings. The minimum absolute atomic E-state index is 0.0775. The third kappa shape index (κ3) is 3.07. The van der Waals surface area contributed by atoms with Gasteiger partial charge in [0.05, 0.1) is 16.4 Å². The SMILES string of the molecule is Cc1ccccc1C(=O)Nc1cc(Cl)c2c(c1O)C(C)(C)CC(=O)N2. The highest BCUT2D eigenvalue weighted by Gasteiger charge is 2.37. The van der Waals surface area contributed by atoms with Gasteiger partial charge in [-0.25, -0.2) is 0 Å². The number of aryl methyl sites for hydroxylation is 1. The average Bonchev–Trinajstić information content (AvgIpc) is 2.51. The van der Waals surface area contributed by atoms with Crippen LogP contribution >= 0.6 is 11.6 Å². The number of benzene rings is 2. The molecule has 0 radical (unpaired) electrons. The van der Waals surface area contributed by atoms with E-state index in [0.717, 1.165) is 5.56 Å². The van der Waals surface area contributed by atoms with Gasteiger partial charge >= 0.3 is 0 Å². The molecule has 0 aliphatic carbocycles. The van der Waals surface area contributed by atoms with Gasteiger partial charge in [-0.1, -0.05) is 43.6 Å². The highest BCUT2D eigenvalue weighted by atomic mass is 35.5. The molecule has 1 heterocycles. The van der Waals surface area contributed by atoms with E-state index in [9.17, 15) is 14.7 Å². The summed E-state index contributed by atoms with van der Waals surface area (Å²) < 4.78 is 0. The van der Waals surface area contributed by atoms with Crippen molar-refractivity contribution >= 4 is 34.8 Å². The molecule has 1 aliphatic heterocycles. The van der Waals surface area contributed by atoms with E-state index in [2.05, 4.69) is 10.6 Å². The van der Waals surface area contributed by atoms with Crippen LogP contribution in [0.4, 0.5) is 11.4 Å². The molecule has 2 amide bonds. The van der Waals surface area contributed by atoms with Gasteiger partial charge in [0.15, 0.2) is 0 Å². The van der Waals surface area contributed by atoms with Gasteiger partial charge in [-0.05, 0) is 24.6 Å². The van der Waals surface area contributed by atoms with Crippen molar-refractivity contribution in [1.82, 2.24) is 0 Å². The Balaban J connectivity index is 2.05. The molecule has 2 aromatic carbocycles. The van der Waals surface area contributed by atoms with Crippen LogP contribution in [0.2, 0.25) is 5.02 Å². The Morgan fingerprint density at radius 2 is 2.00 bits per heavy atom. The molecule has 3 rings (SSSR count). The Morgan fingerprint density at radius 3 is 2.68 bits per heavy atom. The smallest absolute Gasteiger partial charge is 0.256 e. The van der Waals surface area contributed by atoms with Crippen molar-refractivity contribution in [3.8, 4) is 5.75 Å². The molecule has 0 fully saturated rings. The molecule has 0 aromatic heterocycles. The molecule has 0 atom stereocenters. The quantitative estimate of drug-likeness (QED) is 0.703. The second kappa shape index (κ2) is 6.08. The molecule has 0 spiro atoms. The normalized spacial score (nSPS) is 15.3. The van der Waals surface area contributed by atoms with E-state index in [1.807, 2.05) is 32.9 Å². The molecule has 0 saturated carbocycles. The van der Waals surface area contributed by atoms with Crippen LogP contribution in [0.5, 0.6) is 5.75 Å². The zero-order valence-corrected chi connectivity index (χ0v) is 15.0. The molecular weight excluding hydrogens is 340 g/mol. The monoisotopic (exact) mass is 358 g/mol. The number of phenols is 1. The first-order valence-corrected chi connectivity index (χ1v) is 8.31. The van der Waals surface area contributed by atoms with Gasteiger partial charge in [-0.2, -0.15) is 0 Å². The van der Waals surface area contributed by atoms with E-state index in [-0.39, 0.29) is 34.7 Å². The van der Waals surface area contributed by atoms with Crippen molar-refractivity contribution in [2.75, 3.05) is 10.6 Å². The zero-order valence-electron chi connectivity index (χ0n) is 14.2. The minimum atomic E-state index is -0.602. The number of rotatable bonds is 2. The minimum Gasteiger partial charge on any atom is -0.505 e. The van der Waals surface area contributed by atoms with Gasteiger partial charge in [0.25, 0.3) is 5.91 Å². The van der Waals surface area contributed by atoms with Crippen molar-refractivity contribution in [2.45, 2.75) is 32.6 Å². The highest BCUT2D eigenvalue weighted by molar-refractivity contribution is 6.34. The predicted molar refractivity (Wildman–Crippen MR) is 98.5 cm³/mol. The number of nitrogens with one attached hydrogen (secondary N) is 2. The molecule has 0 bridgehead atoms. The van der Waals surface area contributed by atoms with Crippen LogP contribution in [0.1, 0.15) is 41.8 Å². The first-order chi connectivity index (χ1) is 11.7. The number of hydrogen-bond acceptors (Lipinski definition) is 3. The third-order valence-corrected chi connectivity index (χ3v) is 4.73. The maximum absolute atomic E-state index is 12.5. The van der Waals surface area contributed by atoms with E-state index < -0.39 is 5.41 Å². The number of halogens is 1. The molecule has 130 valence electrons. The summed E-state index contributed by atoms with van der Waals surface area (Å²) >= 11 is 6.30. The standard InChI is InChI=1S/C19H19ClN2O3/c1-10-6-4-5-7-11(10)18(25)21-13-8-12(20)16-15(17(13)24)19(2,3)9-14(23)22-16/h4-8,24H,9H2,1-3H3,(H,21,25)(H,22,23). The third-order valence-electron chi connectivity index (χ3n) is 4.43. The van der Waals surface area contributed by atoms with Gasteiger partial charge in [0, 0.05) is 23.0 Å². The van der Waals surface area contributed by atoms with Gasteiger partial charge in [-0.15, -0.1) is 0 Å². The second-order valence-corrected chi connectivity index (χ2v) is 7.29. The highest BCUT2D eigenvalue weighted by Crippen LogP contribution is 2.49. The van der Waals surface area contributed by atoms with Crippen LogP contribution in [0.3, 0.4) is 0 Å². The van der Waals surface area contributed by atoms with Crippen molar-refractivity contribution in [3.05, 3.63) is 52.0 Å². The maximum Gasteiger partial charge on any atom is 0.256 e. The number of carbonyl (C=O) groups is 2. The summed E-state index contributed by atoms with van der Waals surface area (Å²) in [6.07, 6.45) is 0.221. The van der Waals surface area contributed by atoms with Crippen LogP contribution in [0.15, 0.2) is 30.3 Å². The van der Waals surface area contributed by atoms with Crippen molar-refractivity contribution in [1.29, 1.82) is 0 Å². The number of carbonyl (C=O) groups excluding carboxylic acids is 2. The lowest BCUT2D eigenvalue weighted by atomic mass is 9.77. The largest absolute Gasteiger partial charge is 0.505 e. The Hall–Kier alpha value is -2.53. The van der Waals surface area contributed by atoms with Crippen LogP contribution < -0.4 is 10.6 Å². The van der Waals surface area contributed by atoms with Crippen LogP contribution in [-0.4, -0.2) is 16.9 Å². The van der Waals surface area contributed by atoms with E-state index in [1.165, 1.54) is 6.07 Å². The van der Waals surface area contributed by atoms with E-state index in [1.54, 1.807) is 12.1 Å². The molecule has 0 unspecified atom stereocenters. The lowest BCUT2D eigenvalue weighted by Crippen LogP contribution is -2.33. The van der Waals surface area contributed by atoms with Crippen LogP contribution in [-0.2, 0) is 10.2 Å². The summed E-state index contributed by atoms with van der Waals surface area (Å²) in [5.41, 5.74) is 1.89. The lowest BCUT2D eigenvalue weighted by Gasteiger charge is -2.34. The maximum atomic E-state index is 12.5. The number of amides is 2. The molecule has 3 N–H and O–H groups in total. The summed E-state index contributed by atoms with van der Waals surface area (Å²) in [4.78, 5) is 24.4. The van der Waals surface area contributed by atoms with E-state index >= 15 is 0 Å². The van der Waals surface area contributed by atoms with Crippen molar-refractivity contribution < 1.29 is 14.7 Å². The number of hydrogen-bond donors (Lipinski definition) is 3. The number of phenolic OH excluding ortho intramolecular Hbond substituents is 1. The second-order valence-electron chi connectivity index (χ2n) is 6.88. The molecule has 0 saturated heterocycles. The van der Waals surface area contributed by atoms with E-state index in [0.29, 0.717) is 16.8 Å². The number of anilines is 2. The van der Waals surface area contributed by atoms with Gasteiger partial charge in [0.2, 0.25) is 5.91 Å². The lowest BCUT2D eigenvalue weighted by molar-refractivity contribution is -0.117. The van der Waals surface area contributed by atoms with Crippen molar-refractivity contribution in [2.24, 2.45) is 0 Å². The summed E-state index contributed by atoms with van der Waals surface area (Å²) in [5, 5.41) is 16.4. The summed E-state index contributed by atoms with van der Waals surface area (Å²) in [6, 6.07) is 8.64. The van der Waals surface area contributed by atoms with Crippen molar-refractivity contribution in [3.63, 3.8) is 0 Å². The molecular formula is C19H19ClN2O3.